The molecule has 2 aliphatic rings. The molecule has 2 fully saturated rings. The van der Waals surface area contributed by atoms with Crippen LogP contribution in [0.25, 0.3) is 0 Å². The van der Waals surface area contributed by atoms with E-state index in [1.54, 1.807) is 0 Å². The van der Waals surface area contributed by atoms with Gasteiger partial charge in [0.1, 0.15) is 0 Å². The monoisotopic (exact) mass is 186 g/mol. The van der Waals surface area contributed by atoms with Crippen molar-refractivity contribution in [3.8, 4) is 0 Å². The number of rotatable bonds is 1. The molecule has 3 nitrogen and oxygen atoms in total. The molecule has 1 aliphatic carbocycles. The van der Waals surface area contributed by atoms with E-state index in [9.17, 15) is 10.2 Å². The second-order valence-electron chi connectivity index (χ2n) is 4.72. The lowest BCUT2D eigenvalue weighted by Gasteiger charge is -2.40. The van der Waals surface area contributed by atoms with Gasteiger partial charge in [-0.05, 0) is 24.7 Å². The van der Waals surface area contributed by atoms with Crippen molar-refractivity contribution in [3.05, 3.63) is 0 Å². The predicted octanol–water partition coefficient (Wildman–Crippen LogP) is 0.891. The molecule has 5 atom stereocenters. The van der Waals surface area contributed by atoms with Gasteiger partial charge in [0.25, 0.3) is 0 Å². The molecule has 76 valence electrons. The number of fused-ring (bicyclic) bond motifs is 2. The minimum atomic E-state index is -0.645. The van der Waals surface area contributed by atoms with E-state index in [1.165, 1.54) is 0 Å². The van der Waals surface area contributed by atoms with E-state index in [0.717, 1.165) is 19.3 Å². The summed E-state index contributed by atoms with van der Waals surface area (Å²) in [5.74, 6) is 0.235. The zero-order valence-corrected chi connectivity index (χ0v) is 8.23. The highest BCUT2D eigenvalue weighted by Gasteiger charge is 2.51. The molecule has 1 saturated carbocycles. The summed E-state index contributed by atoms with van der Waals surface area (Å²) >= 11 is 0. The van der Waals surface area contributed by atoms with E-state index in [2.05, 4.69) is 13.8 Å². The molecule has 0 aromatic carbocycles. The van der Waals surface area contributed by atoms with Crippen LogP contribution >= 0.6 is 0 Å². The summed E-state index contributed by atoms with van der Waals surface area (Å²) < 4.78 is 5.30. The smallest absolute Gasteiger partial charge is 0.157 e. The molecule has 1 heterocycles. The molecular weight excluding hydrogens is 168 g/mol. The lowest BCUT2D eigenvalue weighted by Crippen LogP contribution is -2.44. The van der Waals surface area contributed by atoms with Gasteiger partial charge in [-0.1, -0.05) is 13.8 Å². The van der Waals surface area contributed by atoms with E-state index in [-0.39, 0.29) is 17.4 Å². The van der Waals surface area contributed by atoms with Crippen LogP contribution in [0.3, 0.4) is 0 Å². The highest BCUT2D eigenvalue weighted by molar-refractivity contribution is 4.98. The minimum Gasteiger partial charge on any atom is -0.390 e. The molecule has 1 aliphatic heterocycles. The third-order valence-electron chi connectivity index (χ3n) is 3.85. The molecule has 13 heavy (non-hydrogen) atoms. The molecule has 0 spiro atoms. The highest BCUT2D eigenvalue weighted by atomic mass is 16.6. The van der Waals surface area contributed by atoms with Gasteiger partial charge in [0.15, 0.2) is 6.29 Å². The molecule has 0 aromatic rings. The first-order valence-corrected chi connectivity index (χ1v) is 5.08. The van der Waals surface area contributed by atoms with Gasteiger partial charge < -0.3 is 14.9 Å². The summed E-state index contributed by atoms with van der Waals surface area (Å²) in [5, 5.41) is 19.5. The van der Waals surface area contributed by atoms with Gasteiger partial charge in [-0.2, -0.15) is 0 Å². The van der Waals surface area contributed by atoms with Crippen molar-refractivity contribution in [1.29, 1.82) is 0 Å². The van der Waals surface area contributed by atoms with E-state index in [4.69, 9.17) is 4.74 Å². The van der Waals surface area contributed by atoms with Crippen LogP contribution in [0, 0.1) is 11.3 Å². The van der Waals surface area contributed by atoms with Crippen LogP contribution in [0.1, 0.15) is 33.1 Å². The van der Waals surface area contributed by atoms with Gasteiger partial charge in [0.2, 0.25) is 0 Å². The Morgan fingerprint density at radius 2 is 2.15 bits per heavy atom. The molecule has 1 saturated heterocycles. The summed E-state index contributed by atoms with van der Waals surface area (Å²) in [6.45, 7) is 4.17. The minimum absolute atomic E-state index is 0.0644. The maximum Gasteiger partial charge on any atom is 0.157 e. The standard InChI is InChI=1S/C10H18O3/c1-3-10(2)5-6-4-7(8(10)11)13-9(6)12/h6-9,11-12H,3-5H2,1-2H3. The predicted molar refractivity (Wildman–Crippen MR) is 48.0 cm³/mol. The third kappa shape index (κ3) is 1.30. The van der Waals surface area contributed by atoms with E-state index < -0.39 is 12.4 Å². The van der Waals surface area contributed by atoms with Crippen molar-refractivity contribution in [2.24, 2.45) is 11.3 Å². The zero-order chi connectivity index (χ0) is 9.64. The lowest BCUT2D eigenvalue weighted by atomic mass is 9.67. The topological polar surface area (TPSA) is 49.7 Å². The Balaban J connectivity index is 2.19. The van der Waals surface area contributed by atoms with Gasteiger partial charge in [0.05, 0.1) is 12.2 Å². The Hall–Kier alpha value is -0.120. The lowest BCUT2D eigenvalue weighted by molar-refractivity contribution is -0.131. The molecule has 3 heteroatoms. The quantitative estimate of drug-likeness (QED) is 0.639. The number of hydrogen-bond donors (Lipinski definition) is 2. The molecule has 2 rings (SSSR count). The van der Waals surface area contributed by atoms with E-state index >= 15 is 0 Å². The fourth-order valence-corrected chi connectivity index (χ4v) is 2.67. The average molecular weight is 186 g/mol. The van der Waals surface area contributed by atoms with Crippen LogP contribution in [0.15, 0.2) is 0 Å². The number of aliphatic hydroxyl groups is 2. The van der Waals surface area contributed by atoms with Crippen molar-refractivity contribution < 1.29 is 14.9 Å². The van der Waals surface area contributed by atoms with Crippen LogP contribution in [-0.4, -0.2) is 28.7 Å². The van der Waals surface area contributed by atoms with Crippen molar-refractivity contribution in [1.82, 2.24) is 0 Å². The van der Waals surface area contributed by atoms with Crippen molar-refractivity contribution in [2.45, 2.75) is 51.6 Å². The molecule has 0 aromatic heterocycles. The molecule has 2 bridgehead atoms. The summed E-state index contributed by atoms with van der Waals surface area (Å²) in [6.07, 6.45) is 1.44. The fourth-order valence-electron chi connectivity index (χ4n) is 2.67. The van der Waals surface area contributed by atoms with Crippen LogP contribution in [0.4, 0.5) is 0 Å². The van der Waals surface area contributed by atoms with Gasteiger partial charge in [-0.25, -0.2) is 0 Å². The average Bonchev–Trinajstić information content (AvgIpc) is 2.42. The van der Waals surface area contributed by atoms with E-state index in [1.807, 2.05) is 0 Å². The summed E-state index contributed by atoms with van der Waals surface area (Å²) in [6, 6.07) is 0. The first-order chi connectivity index (χ1) is 6.07. The Kier molecular flexibility index (Phi) is 2.13. The largest absolute Gasteiger partial charge is 0.390 e. The summed E-state index contributed by atoms with van der Waals surface area (Å²) in [4.78, 5) is 0. The van der Waals surface area contributed by atoms with Gasteiger partial charge >= 0.3 is 0 Å². The van der Waals surface area contributed by atoms with Gasteiger partial charge in [0, 0.05) is 5.92 Å². The SMILES string of the molecule is CCC1(C)CC2CC(OC2O)C1O. The molecule has 2 N–H and O–H groups in total. The molecular formula is C10H18O3. The van der Waals surface area contributed by atoms with Gasteiger partial charge in [-0.3, -0.25) is 0 Å². The maximum atomic E-state index is 10.00. The second-order valence-corrected chi connectivity index (χ2v) is 4.72. The molecule has 0 radical (unpaired) electrons. The fraction of sp³-hybridized carbons (Fsp3) is 1.00. The van der Waals surface area contributed by atoms with Crippen molar-refractivity contribution in [3.63, 3.8) is 0 Å². The van der Waals surface area contributed by atoms with Crippen LogP contribution in [0.5, 0.6) is 0 Å². The Morgan fingerprint density at radius 3 is 2.77 bits per heavy atom. The normalized spacial score (nSPS) is 55.4. The molecule has 0 amide bonds. The third-order valence-corrected chi connectivity index (χ3v) is 3.85. The van der Waals surface area contributed by atoms with Gasteiger partial charge in [-0.15, -0.1) is 0 Å². The van der Waals surface area contributed by atoms with Crippen LogP contribution in [0.2, 0.25) is 0 Å². The Bertz CT molecular complexity index is 204. The van der Waals surface area contributed by atoms with E-state index in [0.29, 0.717) is 0 Å². The molecule has 5 unspecified atom stereocenters. The van der Waals surface area contributed by atoms with Crippen LogP contribution in [-0.2, 0) is 4.74 Å². The summed E-state index contributed by atoms with van der Waals surface area (Å²) in [5.41, 5.74) is -0.0644. The number of ether oxygens (including phenoxy) is 1. The van der Waals surface area contributed by atoms with Crippen LogP contribution < -0.4 is 0 Å². The first-order valence-electron chi connectivity index (χ1n) is 5.08. The van der Waals surface area contributed by atoms with Crippen molar-refractivity contribution in [2.75, 3.05) is 0 Å². The summed E-state index contributed by atoms with van der Waals surface area (Å²) in [7, 11) is 0. The Labute approximate surface area is 78.7 Å². The number of hydrogen-bond acceptors (Lipinski definition) is 3. The zero-order valence-electron chi connectivity index (χ0n) is 8.23. The first kappa shape index (κ1) is 9.44. The highest BCUT2D eigenvalue weighted by Crippen LogP contribution is 2.48. The Morgan fingerprint density at radius 1 is 1.46 bits per heavy atom. The van der Waals surface area contributed by atoms with Crippen molar-refractivity contribution >= 4 is 0 Å². The second kappa shape index (κ2) is 2.94. The maximum absolute atomic E-state index is 10.00. The number of aliphatic hydroxyl groups excluding tert-OH is 2.